The molecule has 1 saturated heterocycles. The lowest BCUT2D eigenvalue weighted by molar-refractivity contribution is -0.123. The summed E-state index contributed by atoms with van der Waals surface area (Å²) in [6.45, 7) is 1.42. The van der Waals surface area contributed by atoms with Crippen molar-refractivity contribution in [2.75, 3.05) is 6.54 Å². The number of imidazole rings is 1. The summed E-state index contributed by atoms with van der Waals surface area (Å²) in [6, 6.07) is -0.0197. The summed E-state index contributed by atoms with van der Waals surface area (Å²) in [7, 11) is 0. The maximum Gasteiger partial charge on any atom is 0.237 e. The fourth-order valence-electron chi connectivity index (χ4n) is 1.76. The van der Waals surface area contributed by atoms with E-state index < -0.39 is 0 Å². The number of rotatable bonds is 3. The Kier molecular flexibility index (Phi) is 3.34. The highest BCUT2D eigenvalue weighted by Crippen LogP contribution is 2.06. The molecule has 1 aromatic heterocycles. The standard InChI is InChI=1S/C10H16N4O/c15-10(8-3-1-2-4-11-8)14-7-9-12-5-6-13-9/h5-6,8,11H,1-4,7H2,(H,12,13)(H,14,15)/t8-/m1/s1. The molecule has 2 rings (SSSR count). The van der Waals surface area contributed by atoms with E-state index in [9.17, 15) is 4.79 Å². The first-order chi connectivity index (χ1) is 7.36. The highest BCUT2D eigenvalue weighted by molar-refractivity contribution is 5.81. The molecule has 1 atom stereocenters. The minimum Gasteiger partial charge on any atom is -0.348 e. The zero-order valence-corrected chi connectivity index (χ0v) is 8.62. The van der Waals surface area contributed by atoms with Crippen LogP contribution < -0.4 is 10.6 Å². The normalized spacial score (nSPS) is 21.2. The fourth-order valence-corrected chi connectivity index (χ4v) is 1.76. The van der Waals surface area contributed by atoms with Crippen molar-refractivity contribution in [2.24, 2.45) is 0 Å². The highest BCUT2D eigenvalue weighted by atomic mass is 16.2. The third-order valence-electron chi connectivity index (χ3n) is 2.61. The molecular weight excluding hydrogens is 192 g/mol. The molecule has 1 fully saturated rings. The van der Waals surface area contributed by atoms with Gasteiger partial charge in [-0.25, -0.2) is 4.98 Å². The topological polar surface area (TPSA) is 69.8 Å². The van der Waals surface area contributed by atoms with Crippen molar-refractivity contribution in [3.8, 4) is 0 Å². The monoisotopic (exact) mass is 208 g/mol. The maximum absolute atomic E-state index is 11.7. The lowest BCUT2D eigenvalue weighted by atomic mass is 10.0. The number of H-pyrrole nitrogens is 1. The zero-order chi connectivity index (χ0) is 10.5. The second kappa shape index (κ2) is 4.93. The third kappa shape index (κ3) is 2.79. The van der Waals surface area contributed by atoms with Crippen molar-refractivity contribution < 1.29 is 4.79 Å². The molecule has 0 radical (unpaired) electrons. The average Bonchev–Trinajstić information content (AvgIpc) is 2.80. The van der Waals surface area contributed by atoms with Gasteiger partial charge in [0.25, 0.3) is 0 Å². The van der Waals surface area contributed by atoms with Crippen LogP contribution >= 0.6 is 0 Å². The average molecular weight is 208 g/mol. The Labute approximate surface area is 88.7 Å². The molecule has 0 aromatic carbocycles. The number of aromatic nitrogens is 2. The molecule has 3 N–H and O–H groups in total. The number of hydrogen-bond acceptors (Lipinski definition) is 3. The Morgan fingerprint density at radius 1 is 1.60 bits per heavy atom. The molecule has 5 heteroatoms. The molecule has 5 nitrogen and oxygen atoms in total. The molecule has 1 aliphatic heterocycles. The molecule has 15 heavy (non-hydrogen) atoms. The van der Waals surface area contributed by atoms with Crippen LogP contribution in [0.15, 0.2) is 12.4 Å². The van der Waals surface area contributed by atoms with Crippen LogP contribution in [0.4, 0.5) is 0 Å². The van der Waals surface area contributed by atoms with Crippen molar-refractivity contribution in [1.29, 1.82) is 0 Å². The van der Waals surface area contributed by atoms with E-state index in [2.05, 4.69) is 20.6 Å². The van der Waals surface area contributed by atoms with Gasteiger partial charge in [-0.2, -0.15) is 0 Å². The van der Waals surface area contributed by atoms with Gasteiger partial charge in [-0.3, -0.25) is 4.79 Å². The number of hydrogen-bond donors (Lipinski definition) is 3. The second-order valence-electron chi connectivity index (χ2n) is 3.76. The Morgan fingerprint density at radius 2 is 2.53 bits per heavy atom. The molecule has 82 valence electrons. The van der Waals surface area contributed by atoms with Gasteiger partial charge < -0.3 is 15.6 Å². The van der Waals surface area contributed by atoms with E-state index >= 15 is 0 Å². The number of nitrogens with one attached hydrogen (secondary N) is 3. The second-order valence-corrected chi connectivity index (χ2v) is 3.76. The lowest BCUT2D eigenvalue weighted by Gasteiger charge is -2.22. The van der Waals surface area contributed by atoms with Gasteiger partial charge in [-0.05, 0) is 19.4 Å². The van der Waals surface area contributed by atoms with Crippen molar-refractivity contribution in [3.05, 3.63) is 18.2 Å². The lowest BCUT2D eigenvalue weighted by Crippen LogP contribution is -2.46. The van der Waals surface area contributed by atoms with Gasteiger partial charge in [0, 0.05) is 12.4 Å². The number of nitrogens with zero attached hydrogens (tertiary/aromatic N) is 1. The van der Waals surface area contributed by atoms with E-state index in [1.54, 1.807) is 12.4 Å². The van der Waals surface area contributed by atoms with Crippen LogP contribution in [0.2, 0.25) is 0 Å². The molecule has 1 amide bonds. The molecule has 2 heterocycles. The van der Waals surface area contributed by atoms with Crippen LogP contribution in [0.25, 0.3) is 0 Å². The van der Waals surface area contributed by atoms with E-state index in [1.165, 1.54) is 6.42 Å². The van der Waals surface area contributed by atoms with Gasteiger partial charge in [0.2, 0.25) is 5.91 Å². The number of carbonyl (C=O) groups is 1. The number of aromatic amines is 1. The Hall–Kier alpha value is -1.36. The summed E-state index contributed by atoms with van der Waals surface area (Å²) in [5.41, 5.74) is 0. The first-order valence-electron chi connectivity index (χ1n) is 5.35. The quantitative estimate of drug-likeness (QED) is 0.663. The molecular formula is C10H16N4O. The predicted octanol–water partition coefficient (Wildman–Crippen LogP) is 0.168. The van der Waals surface area contributed by atoms with Crippen molar-refractivity contribution >= 4 is 5.91 Å². The number of piperidine rings is 1. The van der Waals surface area contributed by atoms with Crippen LogP contribution in [0.1, 0.15) is 25.1 Å². The smallest absolute Gasteiger partial charge is 0.237 e. The van der Waals surface area contributed by atoms with E-state index in [-0.39, 0.29) is 11.9 Å². The first-order valence-corrected chi connectivity index (χ1v) is 5.35. The molecule has 0 spiro atoms. The van der Waals surface area contributed by atoms with Crippen molar-refractivity contribution in [1.82, 2.24) is 20.6 Å². The molecule has 0 unspecified atom stereocenters. The summed E-state index contributed by atoms with van der Waals surface area (Å²) in [4.78, 5) is 18.7. The first kappa shape index (κ1) is 10.2. The minimum absolute atomic E-state index is 0.0197. The summed E-state index contributed by atoms with van der Waals surface area (Å²) in [5, 5.41) is 6.07. The number of amides is 1. The largest absolute Gasteiger partial charge is 0.348 e. The zero-order valence-electron chi connectivity index (χ0n) is 8.62. The van der Waals surface area contributed by atoms with Crippen LogP contribution in [-0.2, 0) is 11.3 Å². The Balaban J connectivity index is 1.76. The van der Waals surface area contributed by atoms with Crippen LogP contribution in [0.5, 0.6) is 0 Å². The molecule has 0 bridgehead atoms. The van der Waals surface area contributed by atoms with Crippen molar-refractivity contribution in [3.63, 3.8) is 0 Å². The summed E-state index contributed by atoms with van der Waals surface area (Å²) in [5.74, 6) is 0.866. The Bertz CT molecular complexity index is 303. The van der Waals surface area contributed by atoms with Crippen LogP contribution in [0, 0.1) is 0 Å². The van der Waals surface area contributed by atoms with E-state index in [0.717, 1.165) is 25.2 Å². The maximum atomic E-state index is 11.7. The molecule has 1 aliphatic rings. The molecule has 0 aliphatic carbocycles. The highest BCUT2D eigenvalue weighted by Gasteiger charge is 2.19. The predicted molar refractivity (Wildman–Crippen MR) is 56.1 cm³/mol. The SMILES string of the molecule is O=C(NCc1ncc[nH]1)[C@H]1CCCCN1. The fraction of sp³-hybridized carbons (Fsp3) is 0.600. The molecule has 1 aromatic rings. The molecule has 0 saturated carbocycles. The van der Waals surface area contributed by atoms with E-state index in [4.69, 9.17) is 0 Å². The van der Waals surface area contributed by atoms with Gasteiger partial charge >= 0.3 is 0 Å². The van der Waals surface area contributed by atoms with Gasteiger partial charge in [0.15, 0.2) is 0 Å². The van der Waals surface area contributed by atoms with Gasteiger partial charge in [0.1, 0.15) is 5.82 Å². The van der Waals surface area contributed by atoms with Crippen LogP contribution in [-0.4, -0.2) is 28.5 Å². The summed E-state index contributed by atoms with van der Waals surface area (Å²) in [6.07, 6.45) is 6.67. The van der Waals surface area contributed by atoms with Crippen molar-refractivity contribution in [2.45, 2.75) is 31.8 Å². The summed E-state index contributed by atoms with van der Waals surface area (Å²) >= 11 is 0. The van der Waals surface area contributed by atoms with E-state index in [0.29, 0.717) is 6.54 Å². The van der Waals surface area contributed by atoms with Crippen LogP contribution in [0.3, 0.4) is 0 Å². The van der Waals surface area contributed by atoms with E-state index in [1.807, 2.05) is 0 Å². The van der Waals surface area contributed by atoms with Gasteiger partial charge in [-0.15, -0.1) is 0 Å². The number of carbonyl (C=O) groups excluding carboxylic acids is 1. The Morgan fingerprint density at radius 3 is 3.20 bits per heavy atom. The minimum atomic E-state index is -0.0197. The summed E-state index contributed by atoms with van der Waals surface area (Å²) < 4.78 is 0. The van der Waals surface area contributed by atoms with Gasteiger partial charge in [-0.1, -0.05) is 6.42 Å². The van der Waals surface area contributed by atoms with Gasteiger partial charge in [0.05, 0.1) is 12.6 Å². The third-order valence-corrected chi connectivity index (χ3v) is 2.61.